The summed E-state index contributed by atoms with van der Waals surface area (Å²) in [5, 5.41) is 0. The average molecular weight is 249 g/mol. The Morgan fingerprint density at radius 1 is 0.947 bits per heavy atom. The molecule has 2 aromatic rings. The van der Waals surface area contributed by atoms with Crippen LogP contribution in [0.5, 0.6) is 0 Å². The van der Waals surface area contributed by atoms with Gasteiger partial charge in [-0.05, 0) is 29.7 Å². The van der Waals surface area contributed by atoms with Crippen molar-refractivity contribution in [1.29, 1.82) is 0 Å². The van der Waals surface area contributed by atoms with Gasteiger partial charge in [-0.2, -0.15) is 0 Å². The summed E-state index contributed by atoms with van der Waals surface area (Å²) < 4.78 is 0. The summed E-state index contributed by atoms with van der Waals surface area (Å²) in [4.78, 5) is 10.6. The van der Waals surface area contributed by atoms with Crippen molar-refractivity contribution >= 4 is 5.91 Å². The molecule has 0 saturated heterocycles. The van der Waals surface area contributed by atoms with Crippen LogP contribution in [0.2, 0.25) is 0 Å². The van der Waals surface area contributed by atoms with Gasteiger partial charge in [-0.1, -0.05) is 54.3 Å². The van der Waals surface area contributed by atoms with Crippen LogP contribution in [0.15, 0.2) is 54.6 Å². The van der Waals surface area contributed by atoms with Crippen LogP contribution in [-0.4, -0.2) is 5.91 Å². The highest BCUT2D eigenvalue weighted by Gasteiger charge is 1.95. The second-order valence-corrected chi connectivity index (χ2v) is 4.30. The summed E-state index contributed by atoms with van der Waals surface area (Å²) >= 11 is 0. The minimum Gasteiger partial charge on any atom is -0.369 e. The zero-order valence-electron chi connectivity index (χ0n) is 10.6. The number of nitrogens with two attached hydrogens (primary N) is 1. The number of primary amides is 1. The van der Waals surface area contributed by atoms with Crippen molar-refractivity contribution in [3.8, 4) is 11.8 Å². The number of hydrogen-bond donors (Lipinski definition) is 1. The normalized spacial score (nSPS) is 9.47. The van der Waals surface area contributed by atoms with Gasteiger partial charge >= 0.3 is 0 Å². The Bertz CT molecular complexity index is 603. The summed E-state index contributed by atoms with van der Waals surface area (Å²) in [6.07, 6.45) is 1.02. The average Bonchev–Trinajstić information content (AvgIpc) is 2.42. The van der Waals surface area contributed by atoms with Crippen molar-refractivity contribution in [3.63, 3.8) is 0 Å². The van der Waals surface area contributed by atoms with Crippen LogP contribution >= 0.6 is 0 Å². The summed E-state index contributed by atoms with van der Waals surface area (Å²) in [6, 6.07) is 18.4. The molecule has 2 N–H and O–H groups in total. The van der Waals surface area contributed by atoms with Gasteiger partial charge in [0.05, 0.1) is 6.42 Å². The van der Waals surface area contributed by atoms with Crippen LogP contribution in [0.1, 0.15) is 23.1 Å². The molecule has 0 aliphatic carbocycles. The molecule has 0 atom stereocenters. The van der Waals surface area contributed by atoms with Crippen molar-refractivity contribution in [1.82, 2.24) is 0 Å². The Labute approximate surface area is 113 Å². The number of amides is 1. The van der Waals surface area contributed by atoms with Crippen LogP contribution in [0.4, 0.5) is 0 Å². The molecule has 0 aliphatic rings. The lowest BCUT2D eigenvalue weighted by molar-refractivity contribution is -0.117. The molecule has 0 fully saturated rings. The third-order valence-corrected chi connectivity index (χ3v) is 2.70. The number of benzene rings is 2. The predicted molar refractivity (Wildman–Crippen MR) is 76.4 cm³/mol. The van der Waals surface area contributed by atoms with Gasteiger partial charge in [-0.25, -0.2) is 0 Å². The molecule has 2 nitrogen and oxygen atoms in total. The van der Waals surface area contributed by atoms with Crippen molar-refractivity contribution in [3.05, 3.63) is 71.3 Å². The van der Waals surface area contributed by atoms with Gasteiger partial charge in [-0.3, -0.25) is 4.79 Å². The molecule has 0 saturated carbocycles. The Balaban J connectivity index is 2.02. The Kier molecular flexibility index (Phi) is 4.36. The maximum atomic E-state index is 10.6. The lowest BCUT2D eigenvalue weighted by Gasteiger charge is -2.01. The van der Waals surface area contributed by atoms with Gasteiger partial charge in [0.15, 0.2) is 0 Å². The third-order valence-electron chi connectivity index (χ3n) is 2.70. The van der Waals surface area contributed by atoms with E-state index >= 15 is 0 Å². The quantitative estimate of drug-likeness (QED) is 0.834. The lowest BCUT2D eigenvalue weighted by Crippen LogP contribution is -2.08. The van der Waals surface area contributed by atoms with Crippen molar-refractivity contribution in [2.75, 3.05) is 0 Å². The first-order chi connectivity index (χ1) is 9.24. The van der Waals surface area contributed by atoms with Crippen molar-refractivity contribution < 1.29 is 4.79 Å². The minimum atomic E-state index is -0.395. The fraction of sp³-hybridized carbons (Fsp3) is 0.118. The van der Waals surface area contributed by atoms with Crippen molar-refractivity contribution in [2.24, 2.45) is 5.73 Å². The molecule has 2 heteroatoms. The maximum Gasteiger partial charge on any atom is 0.229 e. The van der Waals surface area contributed by atoms with Gasteiger partial charge in [0.2, 0.25) is 5.91 Å². The van der Waals surface area contributed by atoms with Crippen LogP contribution in [0.3, 0.4) is 0 Å². The number of hydrogen-bond acceptors (Lipinski definition) is 1. The molecule has 0 heterocycles. The molecule has 2 aromatic carbocycles. The van der Waals surface area contributed by atoms with E-state index in [1.54, 1.807) is 0 Å². The topological polar surface area (TPSA) is 43.1 Å². The molecule has 0 unspecified atom stereocenters. The minimum absolute atomic E-state index is 0.103. The highest BCUT2D eigenvalue weighted by molar-refractivity contribution is 5.76. The van der Waals surface area contributed by atoms with E-state index in [9.17, 15) is 4.79 Å². The zero-order valence-corrected chi connectivity index (χ0v) is 10.6. The van der Waals surface area contributed by atoms with E-state index in [0.717, 1.165) is 12.0 Å². The standard InChI is InChI=1S/C17H15NO/c18-17(19)8-4-7-14-9-11-16(12-10-14)13-15-5-2-1-3-6-15/h1-3,5-6,9-12H,8,13H2,(H2,18,19). The second kappa shape index (κ2) is 6.42. The highest BCUT2D eigenvalue weighted by atomic mass is 16.1. The monoisotopic (exact) mass is 249 g/mol. The Hall–Kier alpha value is -2.53. The van der Waals surface area contributed by atoms with E-state index < -0.39 is 5.91 Å². The molecular formula is C17H15NO. The molecule has 0 spiro atoms. The first kappa shape index (κ1) is 12.9. The molecule has 1 amide bonds. The summed E-state index contributed by atoms with van der Waals surface area (Å²) in [7, 11) is 0. The van der Waals surface area contributed by atoms with Crippen LogP contribution in [0, 0.1) is 11.8 Å². The first-order valence-corrected chi connectivity index (χ1v) is 6.14. The van der Waals surface area contributed by atoms with Crippen LogP contribution in [-0.2, 0) is 11.2 Å². The van der Waals surface area contributed by atoms with Gasteiger partial charge in [0.25, 0.3) is 0 Å². The Morgan fingerprint density at radius 2 is 1.58 bits per heavy atom. The summed E-state index contributed by atoms with van der Waals surface area (Å²) in [5.74, 6) is 5.27. The van der Waals surface area contributed by atoms with Gasteiger partial charge in [-0.15, -0.1) is 0 Å². The lowest BCUT2D eigenvalue weighted by atomic mass is 10.0. The van der Waals surface area contributed by atoms with Crippen LogP contribution < -0.4 is 5.73 Å². The molecule has 0 aromatic heterocycles. The molecule has 0 bridgehead atoms. The number of rotatable bonds is 3. The number of carbonyl (C=O) groups excluding carboxylic acids is 1. The van der Waals surface area contributed by atoms with Gasteiger partial charge in [0.1, 0.15) is 0 Å². The maximum absolute atomic E-state index is 10.6. The van der Waals surface area contributed by atoms with E-state index in [1.807, 2.05) is 30.3 Å². The van der Waals surface area contributed by atoms with E-state index in [4.69, 9.17) is 5.73 Å². The zero-order chi connectivity index (χ0) is 13.5. The second-order valence-electron chi connectivity index (χ2n) is 4.30. The SMILES string of the molecule is NC(=O)CC#Cc1ccc(Cc2ccccc2)cc1. The first-order valence-electron chi connectivity index (χ1n) is 6.14. The fourth-order valence-corrected chi connectivity index (χ4v) is 1.77. The molecular weight excluding hydrogens is 234 g/mol. The summed E-state index contributed by atoms with van der Waals surface area (Å²) in [6.45, 7) is 0. The molecule has 19 heavy (non-hydrogen) atoms. The molecule has 0 aliphatic heterocycles. The van der Waals surface area contributed by atoms with Crippen LogP contribution in [0.25, 0.3) is 0 Å². The van der Waals surface area contributed by atoms with Gasteiger partial charge in [0, 0.05) is 5.56 Å². The molecule has 0 radical (unpaired) electrons. The number of carbonyl (C=O) groups is 1. The summed E-state index contributed by atoms with van der Waals surface area (Å²) in [5.41, 5.74) is 8.46. The van der Waals surface area contributed by atoms with E-state index in [-0.39, 0.29) is 6.42 Å². The molecule has 2 rings (SSSR count). The molecule has 94 valence electrons. The smallest absolute Gasteiger partial charge is 0.229 e. The largest absolute Gasteiger partial charge is 0.369 e. The predicted octanol–water partition coefficient (Wildman–Crippen LogP) is 2.50. The van der Waals surface area contributed by atoms with E-state index in [2.05, 4.69) is 36.1 Å². The third kappa shape index (κ3) is 4.33. The van der Waals surface area contributed by atoms with E-state index in [0.29, 0.717) is 0 Å². The fourth-order valence-electron chi connectivity index (χ4n) is 1.77. The Morgan fingerprint density at radius 3 is 2.21 bits per heavy atom. The van der Waals surface area contributed by atoms with E-state index in [1.165, 1.54) is 11.1 Å². The van der Waals surface area contributed by atoms with Gasteiger partial charge < -0.3 is 5.73 Å². The van der Waals surface area contributed by atoms with Crippen molar-refractivity contribution in [2.45, 2.75) is 12.8 Å². The highest BCUT2D eigenvalue weighted by Crippen LogP contribution is 2.10.